The van der Waals surface area contributed by atoms with E-state index in [4.69, 9.17) is 0 Å². The second-order valence-electron chi connectivity index (χ2n) is 3.41. The van der Waals surface area contributed by atoms with E-state index in [0.29, 0.717) is 0 Å². The largest absolute Gasteiger partial charge is 0.143 e. The molecule has 0 nitrogen and oxygen atoms in total. The van der Waals surface area contributed by atoms with Crippen molar-refractivity contribution in [3.63, 3.8) is 0 Å². The van der Waals surface area contributed by atoms with Crippen molar-refractivity contribution in [2.75, 3.05) is 0 Å². The number of rotatable bonds is 0. The third kappa shape index (κ3) is 1.30. The van der Waals surface area contributed by atoms with Gasteiger partial charge in [0.05, 0.1) is 0 Å². The van der Waals surface area contributed by atoms with Crippen LogP contribution in [0.1, 0.15) is 0 Å². The number of hydrogen-bond donors (Lipinski definition) is 2. The molecule has 0 bridgehead atoms. The van der Waals surface area contributed by atoms with Crippen molar-refractivity contribution in [3.05, 3.63) is 35.7 Å². The molecule has 15 heavy (non-hydrogen) atoms. The minimum atomic E-state index is 0.972. The molecule has 3 aromatic rings. The van der Waals surface area contributed by atoms with Gasteiger partial charge in [-0.15, -0.1) is 36.6 Å². The van der Waals surface area contributed by atoms with E-state index in [9.17, 15) is 0 Å². The van der Waals surface area contributed by atoms with Gasteiger partial charge in [-0.2, -0.15) is 0 Å². The number of hydrogen-bond acceptors (Lipinski definition) is 3. The average molecular weight is 248 g/mol. The molecule has 0 atom stereocenters. The molecule has 0 spiro atoms. The second kappa shape index (κ2) is 3.44. The summed E-state index contributed by atoms with van der Waals surface area (Å²) in [5.74, 6) is 0. The Morgan fingerprint density at radius 1 is 0.800 bits per heavy atom. The standard InChI is InChI=1S/C12H8S3/c13-10-7-3-1-2-4-8(7)12-9(11(10)14)5-6-15-12/h1-6,13-14H. The van der Waals surface area contributed by atoms with E-state index in [-0.39, 0.29) is 0 Å². The molecule has 1 heterocycles. The Morgan fingerprint density at radius 3 is 2.27 bits per heavy atom. The van der Waals surface area contributed by atoms with Crippen LogP contribution >= 0.6 is 36.6 Å². The van der Waals surface area contributed by atoms with Gasteiger partial charge in [0.15, 0.2) is 0 Å². The summed E-state index contributed by atoms with van der Waals surface area (Å²) in [6.45, 7) is 0. The molecular formula is C12H8S3. The quantitative estimate of drug-likeness (QED) is 0.532. The zero-order valence-electron chi connectivity index (χ0n) is 7.77. The zero-order valence-corrected chi connectivity index (χ0v) is 10.4. The lowest BCUT2D eigenvalue weighted by Crippen LogP contribution is -1.78. The summed E-state index contributed by atoms with van der Waals surface area (Å²) in [6, 6.07) is 10.4. The Morgan fingerprint density at radius 2 is 1.47 bits per heavy atom. The van der Waals surface area contributed by atoms with E-state index in [1.54, 1.807) is 11.3 Å². The molecule has 0 saturated heterocycles. The van der Waals surface area contributed by atoms with Crippen molar-refractivity contribution < 1.29 is 0 Å². The minimum absolute atomic E-state index is 0.972. The van der Waals surface area contributed by atoms with Crippen molar-refractivity contribution >= 4 is 57.5 Å². The third-order valence-electron chi connectivity index (χ3n) is 2.57. The van der Waals surface area contributed by atoms with E-state index in [2.05, 4.69) is 54.9 Å². The molecular weight excluding hydrogens is 240 g/mol. The van der Waals surface area contributed by atoms with Gasteiger partial charge in [0.25, 0.3) is 0 Å². The predicted octanol–water partition coefficient (Wildman–Crippen LogP) is 4.63. The number of fused-ring (bicyclic) bond motifs is 3. The normalized spacial score (nSPS) is 11.3. The van der Waals surface area contributed by atoms with Crippen molar-refractivity contribution in [2.24, 2.45) is 0 Å². The van der Waals surface area contributed by atoms with Crippen molar-refractivity contribution in [1.29, 1.82) is 0 Å². The summed E-state index contributed by atoms with van der Waals surface area (Å²) < 4.78 is 1.30. The number of thiol groups is 2. The third-order valence-corrected chi connectivity index (χ3v) is 4.62. The average Bonchev–Trinajstić information content (AvgIpc) is 2.75. The number of thiophene rings is 1. The fraction of sp³-hybridized carbons (Fsp3) is 0. The monoisotopic (exact) mass is 248 g/mol. The SMILES string of the molecule is Sc1c(S)c2ccsc2c2ccccc12. The molecule has 1 aromatic heterocycles. The van der Waals surface area contributed by atoms with Crippen LogP contribution in [0.15, 0.2) is 45.5 Å². The van der Waals surface area contributed by atoms with E-state index < -0.39 is 0 Å². The van der Waals surface area contributed by atoms with Crippen molar-refractivity contribution in [2.45, 2.75) is 9.79 Å². The maximum Gasteiger partial charge on any atom is 0.0433 e. The first-order valence-electron chi connectivity index (χ1n) is 4.59. The summed E-state index contributed by atoms with van der Waals surface area (Å²) in [6.07, 6.45) is 0. The maximum atomic E-state index is 4.54. The summed E-state index contributed by atoms with van der Waals surface area (Å²) in [7, 11) is 0. The molecule has 0 aliphatic rings. The number of benzene rings is 2. The van der Waals surface area contributed by atoms with Crippen LogP contribution in [0.2, 0.25) is 0 Å². The van der Waals surface area contributed by atoms with Gasteiger partial charge in [0.2, 0.25) is 0 Å². The van der Waals surface area contributed by atoms with Crippen LogP contribution < -0.4 is 0 Å². The Bertz CT molecular complexity index is 652. The molecule has 0 aliphatic carbocycles. The van der Waals surface area contributed by atoms with Crippen LogP contribution in [0.5, 0.6) is 0 Å². The van der Waals surface area contributed by atoms with E-state index in [1.807, 2.05) is 6.07 Å². The Kier molecular flexibility index (Phi) is 2.20. The molecule has 0 N–H and O–H groups in total. The van der Waals surface area contributed by atoms with Gasteiger partial charge in [-0.3, -0.25) is 0 Å². The molecule has 0 unspecified atom stereocenters. The Hall–Kier alpha value is -0.640. The molecule has 3 rings (SSSR count). The maximum absolute atomic E-state index is 4.54. The molecule has 74 valence electrons. The topological polar surface area (TPSA) is 0 Å². The summed E-state index contributed by atoms with van der Waals surface area (Å²) >= 11 is 10.8. The summed E-state index contributed by atoms with van der Waals surface area (Å²) in [4.78, 5) is 1.95. The van der Waals surface area contributed by atoms with Gasteiger partial charge >= 0.3 is 0 Å². The minimum Gasteiger partial charge on any atom is -0.143 e. The highest BCUT2D eigenvalue weighted by Crippen LogP contribution is 2.39. The van der Waals surface area contributed by atoms with Crippen LogP contribution in [0.3, 0.4) is 0 Å². The fourth-order valence-corrected chi connectivity index (χ4v) is 3.49. The van der Waals surface area contributed by atoms with Crippen molar-refractivity contribution in [3.8, 4) is 0 Å². The van der Waals surface area contributed by atoms with Gasteiger partial charge in [-0.05, 0) is 16.8 Å². The van der Waals surface area contributed by atoms with Gasteiger partial charge < -0.3 is 0 Å². The molecule has 0 radical (unpaired) electrons. The fourth-order valence-electron chi connectivity index (χ4n) is 1.85. The van der Waals surface area contributed by atoms with Gasteiger partial charge in [0, 0.05) is 25.3 Å². The first kappa shape index (κ1) is 9.58. The highest BCUT2D eigenvalue weighted by Gasteiger charge is 2.09. The second-order valence-corrected chi connectivity index (χ2v) is 5.22. The first-order chi connectivity index (χ1) is 7.29. The predicted molar refractivity (Wildman–Crippen MR) is 73.8 cm³/mol. The van der Waals surface area contributed by atoms with Crippen LogP contribution in [0.25, 0.3) is 20.9 Å². The Balaban J connectivity index is 2.70. The lowest BCUT2D eigenvalue weighted by molar-refractivity contribution is 1.39. The molecule has 2 aromatic carbocycles. The van der Waals surface area contributed by atoms with Crippen LogP contribution in [-0.2, 0) is 0 Å². The van der Waals surface area contributed by atoms with E-state index in [0.717, 1.165) is 9.79 Å². The first-order valence-corrected chi connectivity index (χ1v) is 6.36. The lowest BCUT2D eigenvalue weighted by atomic mass is 10.1. The molecule has 0 amide bonds. The smallest absolute Gasteiger partial charge is 0.0433 e. The lowest BCUT2D eigenvalue weighted by Gasteiger charge is -2.06. The van der Waals surface area contributed by atoms with Crippen LogP contribution in [-0.4, -0.2) is 0 Å². The van der Waals surface area contributed by atoms with Gasteiger partial charge in [-0.25, -0.2) is 0 Å². The summed E-state index contributed by atoms with van der Waals surface area (Å²) in [5.41, 5.74) is 0. The van der Waals surface area contributed by atoms with E-state index >= 15 is 0 Å². The Labute approximate surface area is 103 Å². The molecule has 3 heteroatoms. The van der Waals surface area contributed by atoms with Crippen molar-refractivity contribution in [1.82, 2.24) is 0 Å². The highest BCUT2D eigenvalue weighted by molar-refractivity contribution is 7.84. The van der Waals surface area contributed by atoms with Crippen LogP contribution in [0, 0.1) is 0 Å². The van der Waals surface area contributed by atoms with Gasteiger partial charge in [-0.1, -0.05) is 24.3 Å². The van der Waals surface area contributed by atoms with Gasteiger partial charge in [0.1, 0.15) is 0 Å². The van der Waals surface area contributed by atoms with E-state index in [1.165, 1.54) is 20.9 Å². The molecule has 0 fully saturated rings. The zero-order chi connectivity index (χ0) is 10.4. The molecule has 0 saturated carbocycles. The summed E-state index contributed by atoms with van der Waals surface area (Å²) in [5, 5.41) is 5.75. The molecule has 0 aliphatic heterocycles. The highest BCUT2D eigenvalue weighted by atomic mass is 32.1. The van der Waals surface area contributed by atoms with Crippen LogP contribution in [0.4, 0.5) is 0 Å².